The number of non-ortho nitro benzene ring substituents is 1. The highest BCUT2D eigenvalue weighted by atomic mass is 35.5. The molecule has 0 aliphatic heterocycles. The lowest BCUT2D eigenvalue weighted by atomic mass is 10.2. The lowest BCUT2D eigenvalue weighted by Gasteiger charge is -2.18. The van der Waals surface area contributed by atoms with Gasteiger partial charge in [0.2, 0.25) is 10.0 Å². The molecule has 1 N–H and O–H groups in total. The van der Waals surface area contributed by atoms with E-state index in [2.05, 4.69) is 5.32 Å². The summed E-state index contributed by atoms with van der Waals surface area (Å²) in [4.78, 5) is 34.4. The van der Waals surface area contributed by atoms with E-state index in [9.17, 15) is 28.1 Å². The lowest BCUT2D eigenvalue weighted by Crippen LogP contribution is -2.30. The van der Waals surface area contributed by atoms with E-state index in [0.717, 1.165) is 6.07 Å². The summed E-state index contributed by atoms with van der Waals surface area (Å²) in [6.07, 6.45) is 0. The van der Waals surface area contributed by atoms with Gasteiger partial charge in [-0.3, -0.25) is 14.9 Å². The number of nitrogens with one attached hydrogen (secondary N) is 1. The van der Waals surface area contributed by atoms with E-state index in [1.807, 2.05) is 0 Å². The van der Waals surface area contributed by atoms with Crippen molar-refractivity contribution in [3.05, 3.63) is 63.2 Å². The molecule has 2 aromatic rings. The van der Waals surface area contributed by atoms with Crippen molar-refractivity contribution in [2.75, 3.05) is 25.0 Å². The van der Waals surface area contributed by atoms with E-state index in [4.69, 9.17) is 16.3 Å². The zero-order valence-corrected chi connectivity index (χ0v) is 18.3. The first kappa shape index (κ1) is 24.3. The van der Waals surface area contributed by atoms with Crippen LogP contribution in [-0.2, 0) is 19.6 Å². The lowest BCUT2D eigenvalue weighted by molar-refractivity contribution is -0.384. The molecule has 166 valence electrons. The number of anilines is 1. The summed E-state index contributed by atoms with van der Waals surface area (Å²) in [7, 11) is -3.66. The van der Waals surface area contributed by atoms with Crippen LogP contribution in [0.2, 0.25) is 5.02 Å². The van der Waals surface area contributed by atoms with Crippen LogP contribution >= 0.6 is 11.6 Å². The van der Waals surface area contributed by atoms with Crippen LogP contribution in [0.4, 0.5) is 11.4 Å². The summed E-state index contributed by atoms with van der Waals surface area (Å²) in [6, 6.07) is 8.66. The van der Waals surface area contributed by atoms with Crippen LogP contribution in [0.1, 0.15) is 24.2 Å². The molecule has 0 heterocycles. The van der Waals surface area contributed by atoms with Gasteiger partial charge in [-0.15, -0.1) is 0 Å². The number of carbonyl (C=O) groups excluding carboxylic acids is 2. The fourth-order valence-corrected chi connectivity index (χ4v) is 4.22. The van der Waals surface area contributed by atoms with E-state index in [1.54, 1.807) is 13.8 Å². The predicted octanol–water partition coefficient (Wildman–Crippen LogP) is 3.07. The maximum Gasteiger partial charge on any atom is 0.338 e. The quantitative estimate of drug-likeness (QED) is 0.338. The van der Waals surface area contributed by atoms with Gasteiger partial charge in [0.1, 0.15) is 0 Å². The molecule has 0 aliphatic rings. The monoisotopic (exact) mass is 469 g/mol. The molecule has 0 saturated heterocycles. The third-order valence-corrected chi connectivity index (χ3v) is 6.60. The Hall–Kier alpha value is -3.02. The molecular formula is C19H20ClN3O7S. The number of hydrogen-bond acceptors (Lipinski definition) is 7. The Morgan fingerprint density at radius 3 is 2.29 bits per heavy atom. The summed E-state index contributed by atoms with van der Waals surface area (Å²) in [5.74, 6) is -1.59. The number of nitro groups is 1. The Kier molecular flexibility index (Phi) is 8.08. The van der Waals surface area contributed by atoms with E-state index < -0.39 is 33.4 Å². The van der Waals surface area contributed by atoms with Gasteiger partial charge in [0, 0.05) is 25.2 Å². The van der Waals surface area contributed by atoms with Gasteiger partial charge in [-0.1, -0.05) is 25.4 Å². The van der Waals surface area contributed by atoms with Crippen LogP contribution in [-0.4, -0.2) is 49.2 Å². The number of sulfonamides is 1. The van der Waals surface area contributed by atoms with Crippen molar-refractivity contribution in [3.63, 3.8) is 0 Å². The molecule has 0 radical (unpaired) electrons. The minimum absolute atomic E-state index is 0.00266. The SMILES string of the molecule is CCN(CC)S(=O)(=O)c1ccc(C(=O)OCC(=O)Nc2cc([N+](=O)[O-])ccc2Cl)cc1. The number of nitro benzene ring substituents is 1. The third kappa shape index (κ3) is 6.00. The smallest absolute Gasteiger partial charge is 0.338 e. The van der Waals surface area contributed by atoms with E-state index in [0.29, 0.717) is 13.1 Å². The number of ether oxygens (including phenoxy) is 1. The first-order chi connectivity index (χ1) is 14.6. The van der Waals surface area contributed by atoms with Gasteiger partial charge in [0.15, 0.2) is 6.61 Å². The van der Waals surface area contributed by atoms with Crippen molar-refractivity contribution in [1.29, 1.82) is 0 Å². The van der Waals surface area contributed by atoms with Crippen molar-refractivity contribution >= 4 is 44.9 Å². The van der Waals surface area contributed by atoms with E-state index in [1.165, 1.54) is 40.7 Å². The van der Waals surface area contributed by atoms with Gasteiger partial charge >= 0.3 is 5.97 Å². The van der Waals surface area contributed by atoms with Gasteiger partial charge in [0.05, 0.1) is 26.1 Å². The second kappa shape index (κ2) is 10.3. The molecule has 2 rings (SSSR count). The normalized spacial score (nSPS) is 11.2. The summed E-state index contributed by atoms with van der Waals surface area (Å²) in [5, 5.41) is 13.2. The fraction of sp³-hybridized carbons (Fsp3) is 0.263. The summed E-state index contributed by atoms with van der Waals surface area (Å²) >= 11 is 5.90. The van der Waals surface area contributed by atoms with Crippen molar-refractivity contribution in [2.45, 2.75) is 18.7 Å². The van der Waals surface area contributed by atoms with Gasteiger partial charge in [-0.25, -0.2) is 13.2 Å². The van der Waals surface area contributed by atoms with Gasteiger partial charge in [0.25, 0.3) is 11.6 Å². The van der Waals surface area contributed by atoms with Crippen LogP contribution in [0.5, 0.6) is 0 Å². The molecule has 0 spiro atoms. The largest absolute Gasteiger partial charge is 0.452 e. The molecule has 0 bridgehead atoms. The maximum absolute atomic E-state index is 12.5. The molecule has 0 fully saturated rings. The minimum atomic E-state index is -3.66. The zero-order valence-electron chi connectivity index (χ0n) is 16.7. The number of amides is 1. The number of benzene rings is 2. The first-order valence-corrected chi connectivity index (χ1v) is 10.9. The molecule has 0 saturated carbocycles. The van der Waals surface area contributed by atoms with Crippen LogP contribution in [0, 0.1) is 10.1 Å². The van der Waals surface area contributed by atoms with Gasteiger partial charge < -0.3 is 10.1 Å². The summed E-state index contributed by atoms with van der Waals surface area (Å²) < 4.78 is 31.1. The van der Waals surface area contributed by atoms with Crippen LogP contribution in [0.3, 0.4) is 0 Å². The van der Waals surface area contributed by atoms with E-state index >= 15 is 0 Å². The van der Waals surface area contributed by atoms with Crippen molar-refractivity contribution in [3.8, 4) is 0 Å². The molecular weight excluding hydrogens is 450 g/mol. The summed E-state index contributed by atoms with van der Waals surface area (Å²) in [5.41, 5.74) is -0.209. The number of nitrogens with zero attached hydrogens (tertiary/aromatic N) is 2. The predicted molar refractivity (Wildman–Crippen MR) is 114 cm³/mol. The molecule has 0 aliphatic carbocycles. The molecule has 12 heteroatoms. The highest BCUT2D eigenvalue weighted by Crippen LogP contribution is 2.26. The topological polar surface area (TPSA) is 136 Å². The first-order valence-electron chi connectivity index (χ1n) is 9.11. The number of rotatable bonds is 9. The Labute approximate surface area is 184 Å². The Balaban J connectivity index is 2.01. The Morgan fingerprint density at radius 1 is 1.13 bits per heavy atom. The van der Waals surface area contributed by atoms with Crippen molar-refractivity contribution in [1.82, 2.24) is 4.31 Å². The number of hydrogen-bond donors (Lipinski definition) is 1. The average molecular weight is 470 g/mol. The highest BCUT2D eigenvalue weighted by molar-refractivity contribution is 7.89. The van der Waals surface area contributed by atoms with Gasteiger partial charge in [-0.2, -0.15) is 4.31 Å². The molecule has 31 heavy (non-hydrogen) atoms. The molecule has 2 aromatic carbocycles. The molecule has 1 amide bonds. The minimum Gasteiger partial charge on any atom is -0.452 e. The average Bonchev–Trinajstić information content (AvgIpc) is 2.74. The third-order valence-electron chi connectivity index (χ3n) is 4.20. The Morgan fingerprint density at radius 2 is 1.74 bits per heavy atom. The highest BCUT2D eigenvalue weighted by Gasteiger charge is 2.22. The molecule has 10 nitrogen and oxygen atoms in total. The van der Waals surface area contributed by atoms with Crippen molar-refractivity contribution < 1.29 is 27.7 Å². The molecule has 0 aromatic heterocycles. The van der Waals surface area contributed by atoms with Crippen LogP contribution in [0.15, 0.2) is 47.4 Å². The van der Waals surface area contributed by atoms with Crippen LogP contribution in [0.25, 0.3) is 0 Å². The number of esters is 1. The fourth-order valence-electron chi connectivity index (χ4n) is 2.60. The van der Waals surface area contributed by atoms with Gasteiger partial charge in [-0.05, 0) is 30.3 Å². The Bertz CT molecular complexity index is 1080. The number of carbonyl (C=O) groups is 2. The van der Waals surface area contributed by atoms with Crippen LogP contribution < -0.4 is 5.32 Å². The zero-order chi connectivity index (χ0) is 23.2. The maximum atomic E-state index is 12.5. The molecule has 0 unspecified atom stereocenters. The summed E-state index contributed by atoms with van der Waals surface area (Å²) in [6.45, 7) is 3.40. The standard InChI is InChI=1S/C19H20ClN3O7S/c1-3-22(4-2)31(28,29)15-8-5-13(6-9-15)19(25)30-12-18(24)21-17-11-14(23(26)27)7-10-16(17)20/h5-11H,3-4,12H2,1-2H3,(H,21,24). The number of halogens is 1. The molecule has 0 atom stereocenters. The van der Waals surface area contributed by atoms with E-state index in [-0.39, 0.29) is 26.9 Å². The second-order valence-electron chi connectivity index (χ2n) is 6.16. The second-order valence-corrected chi connectivity index (χ2v) is 8.50. The van der Waals surface area contributed by atoms with Crippen molar-refractivity contribution in [2.24, 2.45) is 0 Å².